The second-order valence-corrected chi connectivity index (χ2v) is 7.90. The smallest absolute Gasteiger partial charge is 0.356 e. The predicted molar refractivity (Wildman–Crippen MR) is 124 cm³/mol. The van der Waals surface area contributed by atoms with Crippen molar-refractivity contribution in [2.24, 2.45) is 0 Å². The highest BCUT2D eigenvalue weighted by Gasteiger charge is 2.34. The van der Waals surface area contributed by atoms with E-state index in [0.717, 1.165) is 32.9 Å². The molecule has 5 rings (SSSR count). The van der Waals surface area contributed by atoms with E-state index in [9.17, 15) is 9.59 Å². The topological polar surface area (TPSA) is 79.7 Å². The van der Waals surface area contributed by atoms with Crippen LogP contribution in [-0.4, -0.2) is 42.8 Å². The lowest BCUT2D eigenvalue weighted by molar-refractivity contribution is -0.136. The lowest BCUT2D eigenvalue weighted by Crippen LogP contribution is -2.17. The molecule has 1 aliphatic heterocycles. The normalized spacial score (nSPS) is 14.5. The summed E-state index contributed by atoms with van der Waals surface area (Å²) in [5, 5.41) is 1.84. The molecule has 3 heterocycles. The van der Waals surface area contributed by atoms with Crippen LogP contribution in [0.1, 0.15) is 33.2 Å². The maximum Gasteiger partial charge on any atom is 0.356 e. The van der Waals surface area contributed by atoms with E-state index in [1.165, 1.54) is 14.2 Å². The van der Waals surface area contributed by atoms with Gasteiger partial charge in [-0.15, -0.1) is 0 Å². The molecule has 0 spiro atoms. The molecule has 1 atom stereocenters. The lowest BCUT2D eigenvalue weighted by Gasteiger charge is -2.20. The molecular formula is C26H22N2O5. The molecular weight excluding hydrogens is 420 g/mol. The van der Waals surface area contributed by atoms with Crippen LogP contribution in [0.2, 0.25) is 0 Å². The highest BCUT2D eigenvalue weighted by atomic mass is 16.5. The summed E-state index contributed by atoms with van der Waals surface area (Å²) >= 11 is 0. The van der Waals surface area contributed by atoms with E-state index >= 15 is 0 Å². The first kappa shape index (κ1) is 20.8. The van der Waals surface area contributed by atoms with E-state index in [1.54, 1.807) is 13.2 Å². The molecule has 2 aromatic heterocycles. The van der Waals surface area contributed by atoms with Crippen molar-refractivity contribution < 1.29 is 23.8 Å². The number of aromatic nitrogens is 2. The largest absolute Gasteiger partial charge is 0.497 e. The number of fused-ring (bicyclic) bond motifs is 4. The molecule has 33 heavy (non-hydrogen) atoms. The Hall–Kier alpha value is -4.13. The zero-order valence-corrected chi connectivity index (χ0v) is 18.5. The number of pyridine rings is 1. The Morgan fingerprint density at radius 1 is 1.03 bits per heavy atom. The molecule has 1 unspecified atom stereocenters. The van der Waals surface area contributed by atoms with Crippen molar-refractivity contribution in [3.05, 3.63) is 83.2 Å². The number of para-hydroxylation sites is 1. The summed E-state index contributed by atoms with van der Waals surface area (Å²) < 4.78 is 17.6. The van der Waals surface area contributed by atoms with Gasteiger partial charge in [0.15, 0.2) is 0 Å². The standard InChI is InChI=1S/C26H22N2O5/c1-14(25(29)32-3)22-17-10-9-16(31-2)11-15(17)13-28-21-8-6-5-7-18(21)19-12-20(26(30)33-4)27-23(22)24(19)28/h5-12,22H,1,13H2,2-4H3. The molecule has 4 aromatic rings. The number of carbonyl (C=O) groups excluding carboxylic acids is 2. The van der Waals surface area contributed by atoms with E-state index in [4.69, 9.17) is 19.2 Å². The number of benzene rings is 2. The minimum absolute atomic E-state index is 0.169. The fourth-order valence-electron chi connectivity index (χ4n) is 4.73. The first-order valence-corrected chi connectivity index (χ1v) is 10.4. The van der Waals surface area contributed by atoms with Crippen molar-refractivity contribution in [2.45, 2.75) is 12.5 Å². The van der Waals surface area contributed by atoms with Crippen LogP contribution in [0.4, 0.5) is 0 Å². The average Bonchev–Trinajstić information content (AvgIpc) is 3.08. The third kappa shape index (κ3) is 3.08. The molecule has 0 amide bonds. The maximum absolute atomic E-state index is 12.7. The third-order valence-electron chi connectivity index (χ3n) is 6.23. The molecule has 0 bridgehead atoms. The van der Waals surface area contributed by atoms with E-state index in [1.807, 2.05) is 42.5 Å². The quantitative estimate of drug-likeness (QED) is 0.348. The van der Waals surface area contributed by atoms with Gasteiger partial charge >= 0.3 is 11.9 Å². The molecule has 0 fully saturated rings. The van der Waals surface area contributed by atoms with Crippen LogP contribution < -0.4 is 4.74 Å². The highest BCUT2D eigenvalue weighted by Crippen LogP contribution is 2.43. The van der Waals surface area contributed by atoms with Crippen LogP contribution in [0.5, 0.6) is 5.75 Å². The number of hydrogen-bond donors (Lipinski definition) is 0. The zero-order valence-electron chi connectivity index (χ0n) is 18.5. The second-order valence-electron chi connectivity index (χ2n) is 7.90. The number of ether oxygens (including phenoxy) is 3. The summed E-state index contributed by atoms with van der Waals surface area (Å²) in [5.74, 6) is -0.995. The van der Waals surface area contributed by atoms with Gasteiger partial charge in [-0.3, -0.25) is 0 Å². The zero-order chi connectivity index (χ0) is 23.3. The van der Waals surface area contributed by atoms with E-state index in [-0.39, 0.29) is 11.3 Å². The van der Waals surface area contributed by atoms with Crippen LogP contribution in [0.25, 0.3) is 21.8 Å². The Labute approximate surface area is 190 Å². The Bertz CT molecular complexity index is 1470. The number of hydrogen-bond acceptors (Lipinski definition) is 6. The summed E-state index contributed by atoms with van der Waals surface area (Å²) in [6.07, 6.45) is 0. The Morgan fingerprint density at radius 2 is 1.82 bits per heavy atom. The molecule has 7 heteroatoms. The van der Waals surface area contributed by atoms with Crippen LogP contribution in [0, 0.1) is 0 Å². The van der Waals surface area contributed by atoms with Gasteiger partial charge in [0.2, 0.25) is 0 Å². The SMILES string of the molecule is C=C(C(=O)OC)C1c2ccc(OC)cc2Cn2c3ccccc3c3cc(C(=O)OC)nc1c32. The molecule has 2 aromatic carbocycles. The minimum Gasteiger partial charge on any atom is -0.497 e. The summed E-state index contributed by atoms with van der Waals surface area (Å²) in [4.78, 5) is 29.9. The molecule has 0 aliphatic carbocycles. The van der Waals surface area contributed by atoms with Crippen molar-refractivity contribution >= 4 is 33.7 Å². The Morgan fingerprint density at radius 3 is 2.55 bits per heavy atom. The van der Waals surface area contributed by atoms with Gasteiger partial charge in [0.25, 0.3) is 0 Å². The Kier molecular flexibility index (Phi) is 4.89. The number of carbonyl (C=O) groups is 2. The molecule has 0 N–H and O–H groups in total. The summed E-state index contributed by atoms with van der Waals surface area (Å²) in [5.41, 5.74) is 4.62. The lowest BCUT2D eigenvalue weighted by atomic mass is 9.85. The monoisotopic (exact) mass is 442 g/mol. The first-order valence-electron chi connectivity index (χ1n) is 10.4. The number of methoxy groups -OCH3 is 3. The summed E-state index contributed by atoms with van der Waals surface area (Å²) in [6, 6.07) is 15.4. The first-order chi connectivity index (χ1) is 16.0. The van der Waals surface area contributed by atoms with Gasteiger partial charge in [0.05, 0.1) is 38.5 Å². The van der Waals surface area contributed by atoms with Crippen LogP contribution in [0.15, 0.2) is 60.7 Å². The van der Waals surface area contributed by atoms with Crippen LogP contribution in [-0.2, 0) is 20.8 Å². The van der Waals surface area contributed by atoms with E-state index < -0.39 is 17.9 Å². The molecule has 0 radical (unpaired) electrons. The van der Waals surface area contributed by atoms with Crippen molar-refractivity contribution in [1.29, 1.82) is 0 Å². The van der Waals surface area contributed by atoms with E-state index in [0.29, 0.717) is 18.0 Å². The minimum atomic E-state index is -0.615. The number of rotatable bonds is 4. The van der Waals surface area contributed by atoms with Crippen molar-refractivity contribution in [3.63, 3.8) is 0 Å². The Balaban J connectivity index is 1.95. The van der Waals surface area contributed by atoms with Gasteiger partial charge in [0.1, 0.15) is 11.4 Å². The van der Waals surface area contributed by atoms with E-state index in [2.05, 4.69) is 11.1 Å². The summed E-state index contributed by atoms with van der Waals surface area (Å²) in [6.45, 7) is 4.61. The highest BCUT2D eigenvalue weighted by molar-refractivity contribution is 6.11. The van der Waals surface area contributed by atoms with Gasteiger partial charge < -0.3 is 18.8 Å². The van der Waals surface area contributed by atoms with Crippen molar-refractivity contribution in [1.82, 2.24) is 9.55 Å². The van der Waals surface area contributed by atoms with Crippen LogP contribution >= 0.6 is 0 Å². The second kappa shape index (κ2) is 7.78. The van der Waals surface area contributed by atoms with Crippen LogP contribution in [0.3, 0.4) is 0 Å². The predicted octanol–water partition coefficient (Wildman–Crippen LogP) is 4.21. The number of esters is 2. The van der Waals surface area contributed by atoms with Gasteiger partial charge in [-0.25, -0.2) is 14.6 Å². The molecule has 0 saturated carbocycles. The maximum atomic E-state index is 12.7. The number of nitrogens with zero attached hydrogens (tertiary/aromatic N) is 2. The van der Waals surface area contributed by atoms with Gasteiger partial charge in [0, 0.05) is 28.4 Å². The molecule has 166 valence electrons. The van der Waals surface area contributed by atoms with Crippen molar-refractivity contribution in [3.8, 4) is 5.75 Å². The third-order valence-corrected chi connectivity index (χ3v) is 6.23. The van der Waals surface area contributed by atoms with Gasteiger partial charge in [-0.1, -0.05) is 30.8 Å². The molecule has 0 saturated heterocycles. The van der Waals surface area contributed by atoms with Gasteiger partial charge in [-0.2, -0.15) is 0 Å². The molecule has 1 aliphatic rings. The fourth-order valence-corrected chi connectivity index (χ4v) is 4.73. The van der Waals surface area contributed by atoms with Gasteiger partial charge in [-0.05, 0) is 35.4 Å². The fraction of sp³-hybridized carbons (Fsp3) is 0.192. The average molecular weight is 442 g/mol. The van der Waals surface area contributed by atoms with Crippen molar-refractivity contribution in [2.75, 3.05) is 21.3 Å². The summed E-state index contributed by atoms with van der Waals surface area (Å²) in [7, 11) is 4.26. The molecule has 7 nitrogen and oxygen atoms in total.